The summed E-state index contributed by atoms with van der Waals surface area (Å²) in [5, 5.41) is 0. The predicted octanol–water partition coefficient (Wildman–Crippen LogP) is 10.5. The Kier molecular flexibility index (Phi) is 30.9. The van der Waals surface area contributed by atoms with E-state index in [0.717, 1.165) is 126 Å². The third-order valence-electron chi connectivity index (χ3n) is 8.98. The molecule has 0 saturated carbocycles. The molecule has 52 heavy (non-hydrogen) atoms. The van der Waals surface area contributed by atoms with E-state index in [2.05, 4.69) is 11.8 Å². The second-order valence-corrected chi connectivity index (χ2v) is 14.3. The van der Waals surface area contributed by atoms with Crippen molar-refractivity contribution < 1.29 is 38.1 Å². The number of carbonyl (C=O) groups is 3. The number of benzene rings is 1. The molecule has 1 rings (SSSR count). The minimum Gasteiger partial charge on any atom is -0.494 e. The minimum atomic E-state index is -0.207. The van der Waals surface area contributed by atoms with Crippen molar-refractivity contribution in [2.75, 3.05) is 47.1 Å². The molecule has 0 aliphatic carbocycles. The number of unbranched alkanes of at least 4 members (excludes halogenated alkanes) is 16. The van der Waals surface area contributed by atoms with Crippen LogP contribution in [0.5, 0.6) is 11.5 Å². The summed E-state index contributed by atoms with van der Waals surface area (Å²) in [5.41, 5.74) is 0.819. The van der Waals surface area contributed by atoms with Crippen molar-refractivity contribution in [1.29, 1.82) is 0 Å². The Bertz CT molecular complexity index is 1030. The van der Waals surface area contributed by atoms with Crippen molar-refractivity contribution in [3.8, 4) is 11.5 Å². The summed E-state index contributed by atoms with van der Waals surface area (Å²) in [5.74, 6) is 1.13. The third-order valence-corrected chi connectivity index (χ3v) is 8.98. The smallest absolute Gasteiger partial charge is 0.306 e. The van der Waals surface area contributed by atoms with Crippen LogP contribution in [0.4, 0.5) is 0 Å². The zero-order valence-electron chi connectivity index (χ0n) is 33.7. The minimum absolute atomic E-state index is 0.0469. The fourth-order valence-corrected chi connectivity index (χ4v) is 5.81. The van der Waals surface area contributed by atoms with Gasteiger partial charge in [0.15, 0.2) is 0 Å². The monoisotopic (exact) mass is 734 g/mol. The van der Waals surface area contributed by atoms with Gasteiger partial charge in [-0.05, 0) is 83.8 Å². The maximum absolute atomic E-state index is 12.4. The Morgan fingerprint density at radius 1 is 0.500 bits per heavy atom. The molecule has 0 aliphatic rings. The second kappa shape index (κ2) is 34.0. The lowest BCUT2D eigenvalue weighted by Gasteiger charge is -2.15. The average molecular weight is 734 g/mol. The molecule has 0 aliphatic heterocycles. The highest BCUT2D eigenvalue weighted by atomic mass is 16.5. The molecule has 9 heteroatoms. The fraction of sp³-hybridized carbons (Fsp3) is 0.791. The SMILES string of the molecule is CCCCCCCCCC(=O)OCCCCCCCCOc1ccc(OCCCCCCCCOC(=O)CCC)c(COC(=O)CCCN(C)C)c1. The summed E-state index contributed by atoms with van der Waals surface area (Å²) in [4.78, 5) is 37.8. The molecule has 0 saturated heterocycles. The Balaban J connectivity index is 2.31. The predicted molar refractivity (Wildman–Crippen MR) is 210 cm³/mol. The van der Waals surface area contributed by atoms with Crippen LogP contribution in [-0.4, -0.2) is 69.9 Å². The largest absolute Gasteiger partial charge is 0.494 e. The van der Waals surface area contributed by atoms with Crippen molar-refractivity contribution in [3.05, 3.63) is 23.8 Å². The van der Waals surface area contributed by atoms with Crippen LogP contribution in [-0.2, 0) is 35.2 Å². The molecular weight excluding hydrogens is 658 g/mol. The number of esters is 3. The lowest BCUT2D eigenvalue weighted by Crippen LogP contribution is -2.15. The van der Waals surface area contributed by atoms with E-state index in [9.17, 15) is 14.4 Å². The summed E-state index contributed by atoms with van der Waals surface area (Å²) in [7, 11) is 3.99. The molecule has 0 N–H and O–H groups in total. The van der Waals surface area contributed by atoms with Gasteiger partial charge in [-0.3, -0.25) is 14.4 Å². The Morgan fingerprint density at radius 2 is 0.981 bits per heavy atom. The van der Waals surface area contributed by atoms with E-state index in [1.807, 2.05) is 39.2 Å². The van der Waals surface area contributed by atoms with E-state index in [-0.39, 0.29) is 24.5 Å². The van der Waals surface area contributed by atoms with Gasteiger partial charge >= 0.3 is 17.9 Å². The van der Waals surface area contributed by atoms with Crippen molar-refractivity contribution in [2.24, 2.45) is 0 Å². The second-order valence-electron chi connectivity index (χ2n) is 14.3. The van der Waals surface area contributed by atoms with E-state index in [1.54, 1.807) is 0 Å². The van der Waals surface area contributed by atoms with Gasteiger partial charge < -0.3 is 28.6 Å². The normalized spacial score (nSPS) is 11.1. The van der Waals surface area contributed by atoms with Gasteiger partial charge in [0.05, 0.1) is 26.4 Å². The number of rotatable bonds is 36. The lowest BCUT2D eigenvalue weighted by atomic mass is 10.1. The molecule has 0 bridgehead atoms. The van der Waals surface area contributed by atoms with E-state index >= 15 is 0 Å². The number of carbonyl (C=O) groups excluding carboxylic acids is 3. The third kappa shape index (κ3) is 28.7. The van der Waals surface area contributed by atoms with Crippen LogP contribution in [0.1, 0.15) is 174 Å². The molecule has 1 aromatic rings. The van der Waals surface area contributed by atoms with Gasteiger partial charge in [0, 0.05) is 24.8 Å². The van der Waals surface area contributed by atoms with Gasteiger partial charge in [-0.15, -0.1) is 0 Å². The fourth-order valence-electron chi connectivity index (χ4n) is 5.81. The van der Waals surface area contributed by atoms with E-state index in [0.29, 0.717) is 45.7 Å². The molecule has 0 amide bonds. The van der Waals surface area contributed by atoms with Crippen molar-refractivity contribution in [1.82, 2.24) is 4.90 Å². The van der Waals surface area contributed by atoms with Crippen LogP contribution < -0.4 is 9.47 Å². The first-order valence-electron chi connectivity index (χ1n) is 20.9. The van der Waals surface area contributed by atoms with Gasteiger partial charge in [0.2, 0.25) is 0 Å². The molecule has 9 nitrogen and oxygen atoms in total. The zero-order valence-corrected chi connectivity index (χ0v) is 33.7. The summed E-state index contributed by atoms with van der Waals surface area (Å²) in [6.45, 7) is 7.48. The van der Waals surface area contributed by atoms with Crippen LogP contribution in [0.25, 0.3) is 0 Å². The average Bonchev–Trinajstić information content (AvgIpc) is 3.12. The molecule has 0 fully saturated rings. The first kappa shape index (κ1) is 47.2. The van der Waals surface area contributed by atoms with E-state index < -0.39 is 0 Å². The molecule has 0 aromatic heterocycles. The van der Waals surface area contributed by atoms with E-state index in [1.165, 1.54) is 32.1 Å². The van der Waals surface area contributed by atoms with Gasteiger partial charge in [-0.2, -0.15) is 0 Å². The Labute approximate surface area is 317 Å². The Morgan fingerprint density at radius 3 is 1.56 bits per heavy atom. The highest BCUT2D eigenvalue weighted by Crippen LogP contribution is 2.26. The quantitative estimate of drug-likeness (QED) is 0.0379. The summed E-state index contributed by atoms with van der Waals surface area (Å²) in [6, 6.07) is 5.79. The standard InChI is InChI=1S/C43H75NO8/c1-5-7-8-9-10-15-20-27-42(46)51-35-24-19-13-11-16-21-32-48-39-29-30-40(38(36-39)37-52-43(47)28-25-31-44(3)4)49-33-22-17-12-14-18-23-34-50-41(45)26-6-2/h29-30,36H,5-28,31-35,37H2,1-4H3. The Hall–Kier alpha value is -2.81. The highest BCUT2D eigenvalue weighted by Gasteiger charge is 2.11. The molecule has 0 spiro atoms. The zero-order chi connectivity index (χ0) is 37.9. The highest BCUT2D eigenvalue weighted by molar-refractivity contribution is 5.70. The summed E-state index contributed by atoms with van der Waals surface area (Å²) >= 11 is 0. The maximum Gasteiger partial charge on any atom is 0.306 e. The van der Waals surface area contributed by atoms with Crippen LogP contribution in [0.3, 0.4) is 0 Å². The van der Waals surface area contributed by atoms with Crippen LogP contribution in [0.15, 0.2) is 18.2 Å². The molecule has 0 atom stereocenters. The van der Waals surface area contributed by atoms with E-state index in [4.69, 9.17) is 23.7 Å². The van der Waals surface area contributed by atoms with Crippen molar-refractivity contribution >= 4 is 17.9 Å². The van der Waals surface area contributed by atoms with Gasteiger partial charge in [-0.25, -0.2) is 0 Å². The van der Waals surface area contributed by atoms with Crippen LogP contribution in [0, 0.1) is 0 Å². The number of hydrogen-bond acceptors (Lipinski definition) is 9. The first-order valence-corrected chi connectivity index (χ1v) is 20.9. The van der Waals surface area contributed by atoms with Gasteiger partial charge in [0.25, 0.3) is 0 Å². The number of hydrogen-bond donors (Lipinski definition) is 0. The molecule has 0 unspecified atom stereocenters. The molecule has 0 radical (unpaired) electrons. The lowest BCUT2D eigenvalue weighted by molar-refractivity contribution is -0.145. The van der Waals surface area contributed by atoms with Crippen LogP contribution >= 0.6 is 0 Å². The molecule has 300 valence electrons. The van der Waals surface area contributed by atoms with Crippen LogP contribution in [0.2, 0.25) is 0 Å². The maximum atomic E-state index is 12.4. The summed E-state index contributed by atoms with van der Waals surface area (Å²) < 4.78 is 28.5. The van der Waals surface area contributed by atoms with Gasteiger partial charge in [0.1, 0.15) is 18.1 Å². The summed E-state index contributed by atoms with van der Waals surface area (Å²) in [6.07, 6.45) is 24.0. The molecule has 0 heterocycles. The number of nitrogens with zero attached hydrogens (tertiary/aromatic N) is 1. The molecule has 1 aromatic carbocycles. The first-order chi connectivity index (χ1) is 25.3. The van der Waals surface area contributed by atoms with Crippen molar-refractivity contribution in [2.45, 2.75) is 175 Å². The number of ether oxygens (including phenoxy) is 5. The topological polar surface area (TPSA) is 101 Å². The van der Waals surface area contributed by atoms with Gasteiger partial charge in [-0.1, -0.05) is 104 Å². The molecular formula is C43H75NO8. The van der Waals surface area contributed by atoms with Crippen molar-refractivity contribution in [3.63, 3.8) is 0 Å².